The number of aromatic nitrogens is 2. The van der Waals surface area contributed by atoms with E-state index in [1.807, 2.05) is 30.3 Å². The van der Waals surface area contributed by atoms with Crippen molar-refractivity contribution in [2.24, 2.45) is 0 Å². The van der Waals surface area contributed by atoms with Gasteiger partial charge in [0.15, 0.2) is 5.82 Å². The van der Waals surface area contributed by atoms with Crippen molar-refractivity contribution in [1.82, 2.24) is 9.97 Å². The van der Waals surface area contributed by atoms with Gasteiger partial charge >= 0.3 is 0 Å². The van der Waals surface area contributed by atoms with Crippen LogP contribution in [0.3, 0.4) is 0 Å². The Kier molecular flexibility index (Phi) is 4.42. The Morgan fingerprint density at radius 1 is 1.08 bits per heavy atom. The van der Waals surface area contributed by atoms with Crippen LogP contribution in [0.4, 0.5) is 15.8 Å². The van der Waals surface area contributed by atoms with Gasteiger partial charge in [-0.3, -0.25) is 14.9 Å². The number of benzene rings is 2. The van der Waals surface area contributed by atoms with Crippen LogP contribution in [0.1, 0.15) is 10.4 Å². The van der Waals surface area contributed by atoms with E-state index in [4.69, 9.17) is 0 Å². The molecule has 2 aromatic carbocycles. The van der Waals surface area contributed by atoms with Crippen LogP contribution in [0, 0.1) is 15.9 Å². The van der Waals surface area contributed by atoms with Crippen LogP contribution in [0.15, 0.2) is 60.9 Å². The minimum atomic E-state index is -0.770. The number of anilines is 1. The SMILES string of the molecule is O=C(Nc1ccc(F)cc1[N+](=O)[O-])c1cnc(-c2ccccc2)nc1. The molecule has 0 aliphatic rings. The summed E-state index contributed by atoms with van der Waals surface area (Å²) in [5, 5.41) is 13.3. The molecule has 8 heteroatoms. The van der Waals surface area contributed by atoms with Crippen molar-refractivity contribution in [3.8, 4) is 11.4 Å². The molecular weight excluding hydrogens is 327 g/mol. The molecule has 1 heterocycles. The topological polar surface area (TPSA) is 98.0 Å². The number of halogens is 1. The van der Waals surface area contributed by atoms with Crippen molar-refractivity contribution in [3.63, 3.8) is 0 Å². The molecule has 0 fully saturated rings. The summed E-state index contributed by atoms with van der Waals surface area (Å²) < 4.78 is 13.1. The Balaban J connectivity index is 1.82. The second kappa shape index (κ2) is 6.83. The first-order valence-corrected chi connectivity index (χ1v) is 7.17. The van der Waals surface area contributed by atoms with Gasteiger partial charge in [0.1, 0.15) is 11.5 Å². The van der Waals surface area contributed by atoms with Crippen LogP contribution in [0.5, 0.6) is 0 Å². The average molecular weight is 338 g/mol. The molecule has 0 saturated carbocycles. The molecule has 0 atom stereocenters. The molecule has 3 aromatic rings. The van der Waals surface area contributed by atoms with Gasteiger partial charge in [-0.05, 0) is 12.1 Å². The first-order chi connectivity index (χ1) is 12.0. The first kappa shape index (κ1) is 16.2. The fourth-order valence-corrected chi connectivity index (χ4v) is 2.14. The maximum absolute atomic E-state index is 13.1. The number of hydrogen-bond acceptors (Lipinski definition) is 5. The number of carbonyl (C=O) groups is 1. The molecule has 1 amide bonds. The minimum absolute atomic E-state index is 0.108. The molecule has 0 aliphatic carbocycles. The predicted molar refractivity (Wildman–Crippen MR) is 88.5 cm³/mol. The van der Waals surface area contributed by atoms with E-state index in [0.717, 1.165) is 23.8 Å². The zero-order chi connectivity index (χ0) is 17.8. The summed E-state index contributed by atoms with van der Waals surface area (Å²) in [7, 11) is 0. The number of carbonyl (C=O) groups excluding carboxylic acids is 1. The third kappa shape index (κ3) is 3.63. The lowest BCUT2D eigenvalue weighted by atomic mass is 10.2. The molecule has 25 heavy (non-hydrogen) atoms. The van der Waals surface area contributed by atoms with Gasteiger partial charge in [0.05, 0.1) is 16.6 Å². The van der Waals surface area contributed by atoms with Crippen molar-refractivity contribution in [3.05, 3.63) is 82.4 Å². The Hall–Kier alpha value is -3.68. The van der Waals surface area contributed by atoms with Gasteiger partial charge in [0, 0.05) is 18.0 Å². The molecule has 124 valence electrons. The van der Waals surface area contributed by atoms with Gasteiger partial charge in [0.25, 0.3) is 11.6 Å². The summed E-state index contributed by atoms with van der Waals surface area (Å²) in [4.78, 5) is 30.6. The summed E-state index contributed by atoms with van der Waals surface area (Å²) in [5.74, 6) is -0.945. The van der Waals surface area contributed by atoms with Crippen molar-refractivity contribution in [2.45, 2.75) is 0 Å². The summed E-state index contributed by atoms with van der Waals surface area (Å²) >= 11 is 0. The van der Waals surface area contributed by atoms with Gasteiger partial charge in [-0.2, -0.15) is 0 Å². The normalized spacial score (nSPS) is 10.3. The van der Waals surface area contributed by atoms with Crippen LogP contribution < -0.4 is 5.32 Å². The summed E-state index contributed by atoms with van der Waals surface area (Å²) in [5.41, 5.74) is 0.278. The Labute approximate surface area is 141 Å². The smallest absolute Gasteiger partial charge is 0.295 e. The van der Waals surface area contributed by atoms with Crippen LogP contribution in [-0.2, 0) is 0 Å². The molecule has 0 saturated heterocycles. The van der Waals surface area contributed by atoms with Crippen molar-refractivity contribution >= 4 is 17.3 Å². The number of rotatable bonds is 4. The molecule has 0 unspecified atom stereocenters. The van der Waals surface area contributed by atoms with E-state index in [1.54, 1.807) is 0 Å². The highest BCUT2D eigenvalue weighted by Crippen LogP contribution is 2.25. The molecule has 3 rings (SSSR count). The van der Waals surface area contributed by atoms with Gasteiger partial charge in [0.2, 0.25) is 0 Å². The second-order valence-corrected chi connectivity index (χ2v) is 5.03. The van der Waals surface area contributed by atoms with Crippen LogP contribution in [0.2, 0.25) is 0 Å². The molecule has 1 N–H and O–H groups in total. The third-order valence-corrected chi connectivity index (χ3v) is 3.35. The maximum Gasteiger partial charge on any atom is 0.295 e. The Morgan fingerprint density at radius 3 is 2.40 bits per heavy atom. The zero-order valence-corrected chi connectivity index (χ0v) is 12.7. The maximum atomic E-state index is 13.1. The van der Waals surface area contributed by atoms with Gasteiger partial charge < -0.3 is 5.32 Å². The molecule has 0 radical (unpaired) electrons. The second-order valence-electron chi connectivity index (χ2n) is 5.03. The molecule has 0 aliphatic heterocycles. The number of nitrogens with zero attached hydrogens (tertiary/aromatic N) is 3. The molecule has 0 spiro atoms. The zero-order valence-electron chi connectivity index (χ0n) is 12.7. The van der Waals surface area contributed by atoms with E-state index in [1.165, 1.54) is 12.4 Å². The average Bonchev–Trinajstić information content (AvgIpc) is 2.64. The van der Waals surface area contributed by atoms with Crippen molar-refractivity contribution in [1.29, 1.82) is 0 Å². The van der Waals surface area contributed by atoms with Gasteiger partial charge in [-0.1, -0.05) is 30.3 Å². The highest BCUT2D eigenvalue weighted by atomic mass is 19.1. The molecule has 7 nitrogen and oxygen atoms in total. The first-order valence-electron chi connectivity index (χ1n) is 7.17. The Bertz CT molecular complexity index is 930. The summed E-state index contributed by atoms with van der Waals surface area (Å²) in [6.07, 6.45) is 2.64. The van der Waals surface area contributed by atoms with Crippen molar-refractivity contribution in [2.75, 3.05) is 5.32 Å². The minimum Gasteiger partial charge on any atom is -0.316 e. The quantitative estimate of drug-likeness (QED) is 0.580. The number of nitrogens with one attached hydrogen (secondary N) is 1. The van der Waals surface area contributed by atoms with E-state index in [2.05, 4.69) is 15.3 Å². The lowest BCUT2D eigenvalue weighted by Gasteiger charge is -2.06. The van der Waals surface area contributed by atoms with Crippen molar-refractivity contribution < 1.29 is 14.1 Å². The van der Waals surface area contributed by atoms with E-state index < -0.39 is 22.3 Å². The largest absolute Gasteiger partial charge is 0.316 e. The fourth-order valence-electron chi connectivity index (χ4n) is 2.14. The molecule has 0 bridgehead atoms. The van der Waals surface area contributed by atoms with E-state index in [-0.39, 0.29) is 11.3 Å². The standard InChI is InChI=1S/C17H11FN4O3/c18-13-6-7-14(15(8-13)22(24)25)21-17(23)12-9-19-16(20-10-12)11-4-2-1-3-5-11/h1-10H,(H,21,23). The number of nitro benzene ring substituents is 1. The third-order valence-electron chi connectivity index (χ3n) is 3.35. The predicted octanol–water partition coefficient (Wildman–Crippen LogP) is 3.44. The van der Waals surface area contributed by atoms with E-state index in [0.29, 0.717) is 5.82 Å². The highest BCUT2D eigenvalue weighted by molar-refractivity contribution is 6.05. The van der Waals surface area contributed by atoms with Gasteiger partial charge in [-0.25, -0.2) is 14.4 Å². The van der Waals surface area contributed by atoms with E-state index >= 15 is 0 Å². The molecule has 1 aromatic heterocycles. The Morgan fingerprint density at radius 2 is 1.76 bits per heavy atom. The molecular formula is C17H11FN4O3. The van der Waals surface area contributed by atoms with Crippen LogP contribution in [-0.4, -0.2) is 20.8 Å². The number of hydrogen-bond donors (Lipinski definition) is 1. The number of nitro groups is 1. The van der Waals surface area contributed by atoms with Crippen LogP contribution >= 0.6 is 0 Å². The van der Waals surface area contributed by atoms with E-state index in [9.17, 15) is 19.3 Å². The summed E-state index contributed by atoms with van der Waals surface area (Å²) in [6.45, 7) is 0. The number of amides is 1. The highest BCUT2D eigenvalue weighted by Gasteiger charge is 2.18. The fraction of sp³-hybridized carbons (Fsp3) is 0. The summed E-state index contributed by atoms with van der Waals surface area (Å²) in [6, 6.07) is 12.1. The van der Waals surface area contributed by atoms with Crippen LogP contribution in [0.25, 0.3) is 11.4 Å². The lowest BCUT2D eigenvalue weighted by Crippen LogP contribution is -2.14. The monoisotopic (exact) mass is 338 g/mol. The lowest BCUT2D eigenvalue weighted by molar-refractivity contribution is -0.384. The van der Waals surface area contributed by atoms with Gasteiger partial charge in [-0.15, -0.1) is 0 Å².